The number of carbonyl (C=O) groups excluding carboxylic acids is 1. The molecule has 0 spiro atoms. The monoisotopic (exact) mass is 376 g/mol. The molecule has 0 fully saturated rings. The highest BCUT2D eigenvalue weighted by atomic mass is 35.5. The number of rotatable bonds is 4. The number of hydrogen-bond donors (Lipinski definition) is 1. The predicted octanol–water partition coefficient (Wildman–Crippen LogP) is 4.49. The van der Waals surface area contributed by atoms with Crippen LogP contribution in [0.5, 0.6) is 5.75 Å². The van der Waals surface area contributed by atoms with E-state index in [1.54, 1.807) is 0 Å². The molecule has 1 aromatic heterocycles. The smallest absolute Gasteiger partial charge is 0.342 e. The number of esters is 1. The Labute approximate surface area is 154 Å². The minimum atomic E-state index is -0.594. The minimum Gasteiger partial charge on any atom is -0.496 e. The van der Waals surface area contributed by atoms with Crippen LogP contribution in [0.4, 0.5) is 5.69 Å². The van der Waals surface area contributed by atoms with E-state index in [0.29, 0.717) is 11.3 Å². The Kier molecular flexibility index (Phi) is 4.97. The number of benzene rings is 2. The Hall–Kier alpha value is -2.50. The summed E-state index contributed by atoms with van der Waals surface area (Å²) in [4.78, 5) is 16.7. The van der Waals surface area contributed by atoms with Crippen molar-refractivity contribution in [2.75, 3.05) is 12.8 Å². The average molecular weight is 377 g/mol. The molecule has 0 bridgehead atoms. The van der Waals surface area contributed by atoms with Crippen molar-refractivity contribution < 1.29 is 14.3 Å². The SMILES string of the molecule is COc1cc(N)c(Cl)cc1C(=O)OCc1cc2ccccc2nc1Cl. The number of fused-ring (bicyclic) bond motifs is 1. The quantitative estimate of drug-likeness (QED) is 0.412. The van der Waals surface area contributed by atoms with E-state index in [0.717, 1.165) is 10.9 Å². The van der Waals surface area contributed by atoms with Crippen molar-refractivity contribution in [2.24, 2.45) is 0 Å². The molecule has 0 unspecified atom stereocenters. The summed E-state index contributed by atoms with van der Waals surface area (Å²) in [7, 11) is 1.43. The molecule has 0 amide bonds. The lowest BCUT2D eigenvalue weighted by molar-refractivity contribution is 0.0469. The molecule has 0 saturated carbocycles. The van der Waals surface area contributed by atoms with Crippen LogP contribution in [-0.2, 0) is 11.3 Å². The number of nitrogens with zero attached hydrogens (tertiary/aromatic N) is 1. The third-order valence-electron chi connectivity index (χ3n) is 3.65. The van der Waals surface area contributed by atoms with Gasteiger partial charge in [0.25, 0.3) is 0 Å². The molecule has 25 heavy (non-hydrogen) atoms. The van der Waals surface area contributed by atoms with Crippen molar-refractivity contribution >= 4 is 45.8 Å². The number of pyridine rings is 1. The van der Waals surface area contributed by atoms with Crippen LogP contribution in [0.15, 0.2) is 42.5 Å². The average Bonchev–Trinajstić information content (AvgIpc) is 2.61. The lowest BCUT2D eigenvalue weighted by atomic mass is 10.1. The minimum absolute atomic E-state index is 0.0271. The highest BCUT2D eigenvalue weighted by molar-refractivity contribution is 6.33. The van der Waals surface area contributed by atoms with Gasteiger partial charge in [-0.2, -0.15) is 0 Å². The van der Waals surface area contributed by atoms with Crippen molar-refractivity contribution in [2.45, 2.75) is 6.61 Å². The first kappa shape index (κ1) is 17.3. The van der Waals surface area contributed by atoms with Crippen LogP contribution in [0.25, 0.3) is 10.9 Å². The topological polar surface area (TPSA) is 74.4 Å². The van der Waals surface area contributed by atoms with E-state index < -0.39 is 5.97 Å². The molecule has 3 rings (SSSR count). The molecular weight excluding hydrogens is 363 g/mol. The van der Waals surface area contributed by atoms with Crippen LogP contribution >= 0.6 is 23.2 Å². The maximum absolute atomic E-state index is 12.4. The van der Waals surface area contributed by atoms with Gasteiger partial charge < -0.3 is 15.2 Å². The second kappa shape index (κ2) is 7.17. The second-order valence-corrected chi connectivity index (χ2v) is 6.05. The number of nitrogen functional groups attached to an aromatic ring is 1. The van der Waals surface area contributed by atoms with Crippen molar-refractivity contribution in [3.63, 3.8) is 0 Å². The number of methoxy groups -OCH3 is 1. The lowest BCUT2D eigenvalue weighted by Gasteiger charge is -2.11. The van der Waals surface area contributed by atoms with Gasteiger partial charge >= 0.3 is 5.97 Å². The zero-order valence-electron chi connectivity index (χ0n) is 13.3. The van der Waals surface area contributed by atoms with E-state index in [9.17, 15) is 4.79 Å². The molecule has 2 N–H and O–H groups in total. The molecule has 0 aliphatic rings. The summed E-state index contributed by atoms with van der Waals surface area (Å²) in [5.41, 5.74) is 7.59. The summed E-state index contributed by atoms with van der Waals surface area (Å²) >= 11 is 12.1. The molecule has 0 aliphatic carbocycles. The second-order valence-electron chi connectivity index (χ2n) is 5.28. The van der Waals surface area contributed by atoms with Gasteiger partial charge in [0.05, 0.1) is 23.3 Å². The molecule has 7 heteroatoms. The fourth-order valence-electron chi connectivity index (χ4n) is 2.36. The Morgan fingerprint density at radius 2 is 1.96 bits per heavy atom. The Bertz CT molecular complexity index is 960. The lowest BCUT2D eigenvalue weighted by Crippen LogP contribution is -2.08. The van der Waals surface area contributed by atoms with E-state index >= 15 is 0 Å². The van der Waals surface area contributed by atoms with Gasteiger partial charge in [0, 0.05) is 17.0 Å². The third-order valence-corrected chi connectivity index (χ3v) is 4.30. The molecule has 2 aromatic carbocycles. The molecule has 5 nitrogen and oxygen atoms in total. The summed E-state index contributed by atoms with van der Waals surface area (Å²) in [6.45, 7) is -0.0271. The number of para-hydroxylation sites is 1. The number of nitrogens with two attached hydrogens (primary N) is 1. The summed E-state index contributed by atoms with van der Waals surface area (Å²) in [5, 5.41) is 1.44. The van der Waals surface area contributed by atoms with Crippen LogP contribution in [0.3, 0.4) is 0 Å². The first-order valence-corrected chi connectivity index (χ1v) is 8.09. The maximum atomic E-state index is 12.4. The maximum Gasteiger partial charge on any atom is 0.342 e. The van der Waals surface area contributed by atoms with Crippen LogP contribution < -0.4 is 10.5 Å². The van der Waals surface area contributed by atoms with Gasteiger partial charge in [-0.1, -0.05) is 41.4 Å². The van der Waals surface area contributed by atoms with Gasteiger partial charge in [0.1, 0.15) is 23.1 Å². The predicted molar refractivity (Wildman–Crippen MR) is 98.3 cm³/mol. The molecule has 0 radical (unpaired) electrons. The highest BCUT2D eigenvalue weighted by Gasteiger charge is 2.17. The van der Waals surface area contributed by atoms with Gasteiger partial charge in [-0.25, -0.2) is 9.78 Å². The number of hydrogen-bond acceptors (Lipinski definition) is 5. The van der Waals surface area contributed by atoms with Gasteiger partial charge in [0.15, 0.2) is 0 Å². The molecule has 0 saturated heterocycles. The highest BCUT2D eigenvalue weighted by Crippen LogP contribution is 2.30. The molecule has 3 aromatic rings. The molecular formula is C18H14Cl2N2O3. The summed E-state index contributed by atoms with van der Waals surface area (Å²) in [5.74, 6) is -0.308. The van der Waals surface area contributed by atoms with Crippen LogP contribution in [0, 0.1) is 0 Å². The van der Waals surface area contributed by atoms with Gasteiger partial charge in [-0.15, -0.1) is 0 Å². The first-order valence-electron chi connectivity index (χ1n) is 7.34. The van der Waals surface area contributed by atoms with Gasteiger partial charge in [0.2, 0.25) is 0 Å². The number of halogens is 2. The van der Waals surface area contributed by atoms with Crippen molar-refractivity contribution in [3.05, 3.63) is 63.8 Å². The Balaban J connectivity index is 1.83. The molecule has 0 aliphatic heterocycles. The van der Waals surface area contributed by atoms with E-state index in [-0.39, 0.29) is 28.1 Å². The molecule has 128 valence electrons. The van der Waals surface area contributed by atoms with Crippen molar-refractivity contribution in [1.82, 2.24) is 4.98 Å². The Morgan fingerprint density at radius 3 is 2.72 bits per heavy atom. The summed E-state index contributed by atoms with van der Waals surface area (Å²) in [6.07, 6.45) is 0. The number of ether oxygens (including phenoxy) is 2. The van der Waals surface area contributed by atoms with Gasteiger partial charge in [-0.3, -0.25) is 0 Å². The fraction of sp³-hybridized carbons (Fsp3) is 0.111. The van der Waals surface area contributed by atoms with E-state index in [1.165, 1.54) is 19.2 Å². The standard InChI is InChI=1S/C18H14Cl2N2O3/c1-24-16-8-14(21)13(19)7-12(16)18(23)25-9-11-6-10-4-2-3-5-15(10)22-17(11)20/h2-8H,9,21H2,1H3. The molecule has 0 atom stereocenters. The van der Waals surface area contributed by atoms with Crippen molar-refractivity contribution in [1.29, 1.82) is 0 Å². The van der Waals surface area contributed by atoms with Crippen LogP contribution in [-0.4, -0.2) is 18.1 Å². The molecule has 1 heterocycles. The fourth-order valence-corrected chi connectivity index (χ4v) is 2.72. The summed E-state index contributed by atoms with van der Waals surface area (Å²) < 4.78 is 10.5. The number of aromatic nitrogens is 1. The van der Waals surface area contributed by atoms with Crippen LogP contribution in [0.1, 0.15) is 15.9 Å². The number of carbonyl (C=O) groups is 1. The Morgan fingerprint density at radius 1 is 1.20 bits per heavy atom. The normalized spacial score (nSPS) is 10.7. The van der Waals surface area contributed by atoms with E-state index in [2.05, 4.69) is 4.98 Å². The van der Waals surface area contributed by atoms with Gasteiger partial charge in [-0.05, 0) is 18.2 Å². The van der Waals surface area contributed by atoms with Crippen LogP contribution in [0.2, 0.25) is 10.2 Å². The summed E-state index contributed by atoms with van der Waals surface area (Å²) in [6, 6.07) is 12.3. The largest absolute Gasteiger partial charge is 0.496 e. The van der Waals surface area contributed by atoms with E-state index in [4.69, 9.17) is 38.4 Å². The zero-order chi connectivity index (χ0) is 18.0. The number of anilines is 1. The van der Waals surface area contributed by atoms with E-state index in [1.807, 2.05) is 30.3 Å². The third kappa shape index (κ3) is 3.62. The first-order chi connectivity index (χ1) is 12.0. The van der Waals surface area contributed by atoms with Crippen molar-refractivity contribution in [3.8, 4) is 5.75 Å². The zero-order valence-corrected chi connectivity index (χ0v) is 14.8.